The van der Waals surface area contributed by atoms with Crippen LogP contribution in [0.3, 0.4) is 0 Å². The summed E-state index contributed by atoms with van der Waals surface area (Å²) in [6.45, 7) is 9.31. The molecule has 4 heterocycles. The zero-order chi connectivity index (χ0) is 23.3. The van der Waals surface area contributed by atoms with E-state index in [-0.39, 0.29) is 30.3 Å². The maximum atomic E-state index is 13.3. The number of urea groups is 1. The third-order valence-electron chi connectivity index (χ3n) is 6.87. The SMILES string of the molecule is CC(C)(C)OC(=O)N1CCOC[C@H]1c1cc(Cl)cc2c1CN(C(=O)N1C[C@@H]3C[C@H]1CO3)CC2. The highest BCUT2D eigenvalue weighted by Crippen LogP contribution is 2.36. The fraction of sp³-hybridized carbons (Fsp3) is 0.667. The van der Waals surface area contributed by atoms with Gasteiger partial charge in [-0.3, -0.25) is 4.90 Å². The van der Waals surface area contributed by atoms with Gasteiger partial charge in [-0.25, -0.2) is 9.59 Å². The molecule has 33 heavy (non-hydrogen) atoms. The van der Waals surface area contributed by atoms with Crippen molar-refractivity contribution in [2.24, 2.45) is 0 Å². The summed E-state index contributed by atoms with van der Waals surface area (Å²) < 4.78 is 17.1. The van der Waals surface area contributed by atoms with E-state index in [2.05, 4.69) is 0 Å². The van der Waals surface area contributed by atoms with E-state index < -0.39 is 5.60 Å². The van der Waals surface area contributed by atoms with Gasteiger partial charge in [-0.15, -0.1) is 0 Å². The number of halogens is 1. The highest BCUT2D eigenvalue weighted by molar-refractivity contribution is 6.30. The van der Waals surface area contributed by atoms with Crippen LogP contribution in [0.4, 0.5) is 9.59 Å². The highest BCUT2D eigenvalue weighted by atomic mass is 35.5. The molecule has 180 valence electrons. The molecule has 4 aliphatic heterocycles. The molecule has 3 fully saturated rings. The number of hydrogen-bond donors (Lipinski definition) is 0. The quantitative estimate of drug-likeness (QED) is 0.618. The Morgan fingerprint density at radius 1 is 1.15 bits per heavy atom. The van der Waals surface area contributed by atoms with E-state index in [4.69, 9.17) is 25.8 Å². The van der Waals surface area contributed by atoms with E-state index in [1.54, 1.807) is 4.90 Å². The number of amides is 3. The number of rotatable bonds is 1. The van der Waals surface area contributed by atoms with E-state index in [9.17, 15) is 9.59 Å². The second-order valence-corrected chi connectivity index (χ2v) is 10.8. The number of likely N-dealkylation sites (tertiary alicyclic amines) is 1. The average molecular weight is 478 g/mol. The van der Waals surface area contributed by atoms with Crippen molar-refractivity contribution in [2.75, 3.05) is 39.5 Å². The van der Waals surface area contributed by atoms with Crippen LogP contribution in [0.5, 0.6) is 0 Å². The summed E-state index contributed by atoms with van der Waals surface area (Å²) in [5, 5.41) is 0.632. The molecule has 3 saturated heterocycles. The third-order valence-corrected chi connectivity index (χ3v) is 7.09. The molecule has 0 radical (unpaired) electrons. The van der Waals surface area contributed by atoms with Gasteiger partial charge in [0, 0.05) is 31.2 Å². The molecular weight excluding hydrogens is 446 g/mol. The Hall–Kier alpha value is -2.03. The van der Waals surface area contributed by atoms with Crippen molar-refractivity contribution in [3.63, 3.8) is 0 Å². The Morgan fingerprint density at radius 3 is 2.67 bits per heavy atom. The Labute approximate surface area is 199 Å². The molecule has 1 aromatic carbocycles. The van der Waals surface area contributed by atoms with Crippen molar-refractivity contribution in [3.05, 3.63) is 33.8 Å². The van der Waals surface area contributed by atoms with Gasteiger partial charge in [0.15, 0.2) is 0 Å². The number of fused-ring (bicyclic) bond motifs is 3. The molecule has 0 N–H and O–H groups in total. The fourth-order valence-corrected chi connectivity index (χ4v) is 5.58. The van der Waals surface area contributed by atoms with Gasteiger partial charge in [0.05, 0.1) is 38.0 Å². The number of ether oxygens (including phenoxy) is 3. The lowest BCUT2D eigenvalue weighted by atomic mass is 9.90. The lowest BCUT2D eigenvalue weighted by Crippen LogP contribution is -2.50. The minimum atomic E-state index is -0.588. The first kappa shape index (κ1) is 22.7. The van der Waals surface area contributed by atoms with Gasteiger partial charge in [0.25, 0.3) is 0 Å². The van der Waals surface area contributed by atoms with E-state index in [0.717, 1.165) is 29.5 Å². The van der Waals surface area contributed by atoms with Crippen LogP contribution in [0.25, 0.3) is 0 Å². The van der Waals surface area contributed by atoms with Crippen LogP contribution in [0.15, 0.2) is 12.1 Å². The predicted octanol–water partition coefficient (Wildman–Crippen LogP) is 3.60. The van der Waals surface area contributed by atoms with Crippen molar-refractivity contribution in [1.29, 1.82) is 0 Å². The number of benzene rings is 1. The first-order valence-corrected chi connectivity index (χ1v) is 12.1. The number of morpholine rings is 2. The predicted molar refractivity (Wildman–Crippen MR) is 122 cm³/mol. The Morgan fingerprint density at radius 2 is 1.97 bits per heavy atom. The number of carbonyl (C=O) groups is 2. The van der Waals surface area contributed by atoms with Gasteiger partial charge in [-0.2, -0.15) is 0 Å². The summed E-state index contributed by atoms with van der Waals surface area (Å²) in [7, 11) is 0. The van der Waals surface area contributed by atoms with Crippen LogP contribution in [0.1, 0.15) is 49.9 Å². The molecule has 5 rings (SSSR count). The number of carbonyl (C=O) groups excluding carboxylic acids is 2. The van der Waals surface area contributed by atoms with Crippen LogP contribution in [-0.4, -0.2) is 84.0 Å². The lowest BCUT2D eigenvalue weighted by molar-refractivity contribution is -0.0334. The molecular formula is C24H32ClN3O5. The molecule has 9 heteroatoms. The first-order chi connectivity index (χ1) is 15.7. The molecule has 4 aliphatic rings. The smallest absolute Gasteiger partial charge is 0.410 e. The van der Waals surface area contributed by atoms with Gasteiger partial charge in [-0.1, -0.05) is 11.6 Å². The van der Waals surface area contributed by atoms with E-state index >= 15 is 0 Å². The topological polar surface area (TPSA) is 71.5 Å². The second kappa shape index (κ2) is 8.64. The molecule has 1 aromatic rings. The van der Waals surface area contributed by atoms with Crippen LogP contribution < -0.4 is 0 Å². The minimum Gasteiger partial charge on any atom is -0.444 e. The summed E-state index contributed by atoms with van der Waals surface area (Å²) in [5.41, 5.74) is 2.54. The van der Waals surface area contributed by atoms with Crippen molar-refractivity contribution in [1.82, 2.24) is 14.7 Å². The van der Waals surface area contributed by atoms with E-state index in [1.165, 1.54) is 0 Å². The third kappa shape index (κ3) is 4.53. The molecule has 0 unspecified atom stereocenters. The van der Waals surface area contributed by atoms with Gasteiger partial charge < -0.3 is 24.0 Å². The van der Waals surface area contributed by atoms with Crippen molar-refractivity contribution in [2.45, 2.75) is 63.9 Å². The number of hydrogen-bond acceptors (Lipinski definition) is 5. The Balaban J connectivity index is 1.41. The van der Waals surface area contributed by atoms with Crippen LogP contribution >= 0.6 is 11.6 Å². The van der Waals surface area contributed by atoms with Crippen molar-refractivity contribution >= 4 is 23.7 Å². The second-order valence-electron chi connectivity index (χ2n) is 10.3. The zero-order valence-electron chi connectivity index (χ0n) is 19.5. The Bertz CT molecular complexity index is 949. The average Bonchev–Trinajstić information content (AvgIpc) is 3.40. The molecule has 3 amide bonds. The molecule has 8 nitrogen and oxygen atoms in total. The highest BCUT2D eigenvalue weighted by Gasteiger charge is 2.43. The van der Waals surface area contributed by atoms with Crippen molar-refractivity contribution in [3.8, 4) is 0 Å². The van der Waals surface area contributed by atoms with Gasteiger partial charge in [0.2, 0.25) is 0 Å². The lowest BCUT2D eigenvalue weighted by Gasteiger charge is -2.40. The fourth-order valence-electron chi connectivity index (χ4n) is 5.33. The van der Waals surface area contributed by atoms with Gasteiger partial charge >= 0.3 is 12.1 Å². The van der Waals surface area contributed by atoms with Crippen LogP contribution in [0.2, 0.25) is 5.02 Å². The molecule has 0 spiro atoms. The summed E-state index contributed by atoms with van der Waals surface area (Å²) in [4.78, 5) is 32.0. The first-order valence-electron chi connectivity index (χ1n) is 11.8. The maximum Gasteiger partial charge on any atom is 0.410 e. The normalized spacial score (nSPS) is 27.0. The molecule has 2 bridgehead atoms. The van der Waals surface area contributed by atoms with Crippen molar-refractivity contribution < 1.29 is 23.8 Å². The summed E-state index contributed by atoms with van der Waals surface area (Å²) in [6, 6.07) is 3.84. The minimum absolute atomic E-state index is 0.0706. The molecule has 0 aromatic heterocycles. The van der Waals surface area contributed by atoms with Gasteiger partial charge in [0.1, 0.15) is 5.60 Å². The molecule has 0 saturated carbocycles. The standard InChI is InChI=1S/C24H32ClN3O5/c1-24(2,3)33-23(30)27-6-7-31-14-21(27)19-9-16(25)8-15-4-5-26(12-20(15)19)22(29)28-11-18-10-17(28)13-32-18/h8-9,17-18,21H,4-7,10-14H2,1-3H3/t17-,18-,21-/m0/s1. The van der Waals surface area contributed by atoms with Crippen LogP contribution in [-0.2, 0) is 27.2 Å². The largest absolute Gasteiger partial charge is 0.444 e. The summed E-state index contributed by atoms with van der Waals surface area (Å²) in [6.07, 6.45) is 1.47. The monoisotopic (exact) mass is 477 g/mol. The number of nitrogens with zero attached hydrogens (tertiary/aromatic N) is 3. The maximum absolute atomic E-state index is 13.3. The van der Waals surface area contributed by atoms with E-state index in [0.29, 0.717) is 51.0 Å². The van der Waals surface area contributed by atoms with Crippen LogP contribution in [0, 0.1) is 0 Å². The molecule has 0 aliphatic carbocycles. The Kier molecular flexibility index (Phi) is 5.95. The molecule has 3 atom stereocenters. The summed E-state index contributed by atoms with van der Waals surface area (Å²) in [5.74, 6) is 0. The summed E-state index contributed by atoms with van der Waals surface area (Å²) >= 11 is 6.50. The van der Waals surface area contributed by atoms with E-state index in [1.807, 2.05) is 42.7 Å². The van der Waals surface area contributed by atoms with Gasteiger partial charge in [-0.05, 0) is 62.4 Å². The zero-order valence-corrected chi connectivity index (χ0v) is 20.3.